The van der Waals surface area contributed by atoms with E-state index >= 15 is 0 Å². The highest BCUT2D eigenvalue weighted by atomic mass is 32.1. The molecule has 1 heterocycles. The first-order chi connectivity index (χ1) is 14.3. The van der Waals surface area contributed by atoms with Gasteiger partial charge in [0.15, 0.2) is 0 Å². The molecule has 1 aromatic carbocycles. The van der Waals surface area contributed by atoms with Gasteiger partial charge in [0.05, 0.1) is 6.10 Å². The molecule has 0 spiro atoms. The van der Waals surface area contributed by atoms with Crippen molar-refractivity contribution in [3.8, 4) is 0 Å². The van der Waals surface area contributed by atoms with Crippen molar-refractivity contribution < 1.29 is 28.9 Å². The Morgan fingerprint density at radius 1 is 1.30 bits per heavy atom. The molecule has 4 atom stereocenters. The topological polar surface area (TPSA) is 77.8 Å². The zero-order valence-electron chi connectivity index (χ0n) is 16.5. The van der Waals surface area contributed by atoms with E-state index in [1.807, 2.05) is 30.3 Å². The number of carboxylic acids is 1. The molecule has 0 bridgehead atoms. The van der Waals surface area contributed by atoms with Gasteiger partial charge in [-0.25, -0.2) is 8.78 Å². The zero-order valence-corrected chi connectivity index (χ0v) is 17.3. The van der Waals surface area contributed by atoms with Crippen LogP contribution in [0, 0.1) is 11.8 Å². The first-order valence-electron chi connectivity index (χ1n) is 10.1. The fourth-order valence-electron chi connectivity index (χ4n) is 3.92. The summed E-state index contributed by atoms with van der Waals surface area (Å²) < 4.78 is 29.9. The Bertz CT molecular complexity index is 888. The number of hydrogen-bond donors (Lipinski definition) is 3. The highest BCUT2D eigenvalue weighted by Crippen LogP contribution is 2.47. The van der Waals surface area contributed by atoms with Crippen molar-refractivity contribution in [1.82, 2.24) is 0 Å². The third-order valence-corrected chi connectivity index (χ3v) is 6.69. The van der Waals surface area contributed by atoms with E-state index in [-0.39, 0.29) is 12.8 Å². The molecule has 3 N–H and O–H groups in total. The number of aliphatic hydroxyl groups is 2. The van der Waals surface area contributed by atoms with Crippen molar-refractivity contribution in [1.29, 1.82) is 0 Å². The summed E-state index contributed by atoms with van der Waals surface area (Å²) in [4.78, 5) is 11.2. The van der Waals surface area contributed by atoms with Gasteiger partial charge >= 0.3 is 5.97 Å². The van der Waals surface area contributed by atoms with E-state index in [9.17, 15) is 23.8 Å². The molecular formula is C23H26F2O4S. The molecule has 1 aromatic heterocycles. The van der Waals surface area contributed by atoms with Crippen molar-refractivity contribution in [2.75, 3.05) is 0 Å². The summed E-state index contributed by atoms with van der Waals surface area (Å²) in [5.74, 6) is -5.69. The molecule has 30 heavy (non-hydrogen) atoms. The van der Waals surface area contributed by atoms with Crippen LogP contribution in [0.2, 0.25) is 0 Å². The monoisotopic (exact) mass is 436 g/mol. The SMILES string of the molecule is O=C(O)CCCC=CC[C@@H]1[C@@H](C=CC(O)c2cc3ccccc3s2)[C@H](O)CC1(F)F. The normalized spacial score (nSPS) is 24.9. The van der Waals surface area contributed by atoms with Gasteiger partial charge in [0.2, 0.25) is 0 Å². The molecule has 162 valence electrons. The van der Waals surface area contributed by atoms with E-state index < -0.39 is 42.4 Å². The molecule has 0 radical (unpaired) electrons. The van der Waals surface area contributed by atoms with Crippen LogP contribution >= 0.6 is 11.3 Å². The fraction of sp³-hybridized carbons (Fsp3) is 0.435. The number of fused-ring (bicyclic) bond motifs is 1. The van der Waals surface area contributed by atoms with Crippen LogP contribution in [-0.2, 0) is 4.79 Å². The third kappa shape index (κ3) is 5.53. The average molecular weight is 437 g/mol. The lowest BCUT2D eigenvalue weighted by Gasteiger charge is -2.21. The second-order valence-corrected chi connectivity index (χ2v) is 8.84. The van der Waals surface area contributed by atoms with Gasteiger partial charge in [-0.1, -0.05) is 42.5 Å². The van der Waals surface area contributed by atoms with Crippen molar-refractivity contribution >= 4 is 27.4 Å². The summed E-state index contributed by atoms with van der Waals surface area (Å²) in [5.41, 5.74) is 0. The molecule has 2 aromatic rings. The number of benzene rings is 1. The number of thiophene rings is 1. The molecule has 1 aliphatic carbocycles. The van der Waals surface area contributed by atoms with Gasteiger partial charge in [0.1, 0.15) is 6.10 Å². The zero-order chi connectivity index (χ0) is 21.7. The summed E-state index contributed by atoms with van der Waals surface area (Å²) in [5, 5.41) is 30.3. The number of rotatable bonds is 9. The van der Waals surface area contributed by atoms with Crippen LogP contribution in [0.1, 0.15) is 43.1 Å². The molecule has 1 fully saturated rings. The minimum Gasteiger partial charge on any atom is -0.481 e. The second kappa shape index (κ2) is 9.81. The molecule has 1 saturated carbocycles. The summed E-state index contributed by atoms with van der Waals surface area (Å²) in [6, 6.07) is 9.62. The van der Waals surface area contributed by atoms with Crippen LogP contribution in [0.5, 0.6) is 0 Å². The van der Waals surface area contributed by atoms with E-state index in [4.69, 9.17) is 5.11 Å². The van der Waals surface area contributed by atoms with Crippen LogP contribution in [0.4, 0.5) is 8.78 Å². The number of allylic oxidation sites excluding steroid dienone is 2. The number of hydrogen-bond acceptors (Lipinski definition) is 4. The summed E-state index contributed by atoms with van der Waals surface area (Å²) in [6.07, 6.45) is 4.78. The molecule has 0 amide bonds. The van der Waals surface area contributed by atoms with Crippen LogP contribution in [0.15, 0.2) is 54.6 Å². The van der Waals surface area contributed by atoms with Crippen LogP contribution < -0.4 is 0 Å². The number of carbonyl (C=O) groups is 1. The number of aliphatic hydroxyl groups excluding tert-OH is 2. The number of alkyl halides is 2. The minimum absolute atomic E-state index is 0.0453. The number of unbranched alkanes of at least 4 members (excludes halogenated alkanes) is 1. The van der Waals surface area contributed by atoms with Crippen molar-refractivity contribution in [2.24, 2.45) is 11.8 Å². The number of halogens is 2. The first kappa shape index (κ1) is 22.6. The van der Waals surface area contributed by atoms with Crippen molar-refractivity contribution in [3.63, 3.8) is 0 Å². The molecule has 0 saturated heterocycles. The smallest absolute Gasteiger partial charge is 0.303 e. The van der Waals surface area contributed by atoms with Crippen LogP contribution in [0.25, 0.3) is 10.1 Å². The quantitative estimate of drug-likeness (QED) is 0.367. The number of aliphatic carboxylic acids is 1. The highest BCUT2D eigenvalue weighted by Gasteiger charge is 2.53. The van der Waals surface area contributed by atoms with Gasteiger partial charge in [0, 0.05) is 34.3 Å². The fourth-order valence-corrected chi connectivity index (χ4v) is 4.95. The van der Waals surface area contributed by atoms with Crippen molar-refractivity contribution in [3.05, 3.63) is 59.5 Å². The van der Waals surface area contributed by atoms with Crippen molar-refractivity contribution in [2.45, 2.75) is 50.2 Å². The summed E-state index contributed by atoms with van der Waals surface area (Å²) in [7, 11) is 0. The number of carboxylic acid groups (broad SMARTS) is 1. The average Bonchev–Trinajstić information content (AvgIpc) is 3.20. The van der Waals surface area contributed by atoms with Crippen LogP contribution in [0.3, 0.4) is 0 Å². The Hall–Kier alpha value is -2.09. The maximum Gasteiger partial charge on any atom is 0.303 e. The van der Waals surface area contributed by atoms with E-state index in [1.54, 1.807) is 12.2 Å². The predicted octanol–water partition coefficient (Wildman–Crippen LogP) is 5.32. The Morgan fingerprint density at radius 2 is 2.07 bits per heavy atom. The summed E-state index contributed by atoms with van der Waals surface area (Å²) in [6.45, 7) is 0. The molecule has 4 nitrogen and oxygen atoms in total. The van der Waals surface area contributed by atoms with Gasteiger partial charge < -0.3 is 15.3 Å². The van der Waals surface area contributed by atoms with E-state index in [0.29, 0.717) is 12.8 Å². The molecule has 3 rings (SSSR count). The maximum absolute atomic E-state index is 14.4. The van der Waals surface area contributed by atoms with Gasteiger partial charge in [-0.15, -0.1) is 11.3 Å². The first-order valence-corrected chi connectivity index (χ1v) is 10.9. The Morgan fingerprint density at radius 3 is 2.80 bits per heavy atom. The second-order valence-electron chi connectivity index (χ2n) is 7.73. The third-order valence-electron chi connectivity index (χ3n) is 5.50. The maximum atomic E-state index is 14.4. The van der Waals surface area contributed by atoms with E-state index in [0.717, 1.165) is 15.0 Å². The molecular weight excluding hydrogens is 410 g/mol. The molecule has 7 heteroatoms. The van der Waals surface area contributed by atoms with Gasteiger partial charge in [0.25, 0.3) is 5.92 Å². The summed E-state index contributed by atoms with van der Waals surface area (Å²) >= 11 is 1.45. The van der Waals surface area contributed by atoms with Gasteiger partial charge in [-0.3, -0.25) is 4.79 Å². The van der Waals surface area contributed by atoms with E-state index in [2.05, 4.69) is 0 Å². The van der Waals surface area contributed by atoms with Crippen LogP contribution in [-0.4, -0.2) is 33.3 Å². The molecule has 1 unspecified atom stereocenters. The minimum atomic E-state index is -3.00. The Balaban J connectivity index is 1.65. The lowest BCUT2D eigenvalue weighted by Crippen LogP contribution is -2.25. The standard InChI is InChI=1S/C23H26F2O4S/c24-23(25)14-19(27)16(17(23)8-3-1-2-4-10-22(28)29)11-12-18(26)21-13-15-7-5-6-9-20(15)30-21/h1,3,5-7,9,11-13,16-19,26-27H,2,4,8,10,14H2,(H,28,29)/t16-,17-,18?,19-/m1/s1. The Kier molecular flexibility index (Phi) is 7.39. The molecule has 1 aliphatic rings. The lowest BCUT2D eigenvalue weighted by molar-refractivity contribution is -0.137. The van der Waals surface area contributed by atoms with E-state index in [1.165, 1.54) is 23.5 Å². The molecule has 0 aliphatic heterocycles. The largest absolute Gasteiger partial charge is 0.481 e. The predicted molar refractivity (Wildman–Crippen MR) is 114 cm³/mol. The Labute approximate surface area is 178 Å². The highest BCUT2D eigenvalue weighted by molar-refractivity contribution is 7.19. The lowest BCUT2D eigenvalue weighted by atomic mass is 9.89. The van der Waals surface area contributed by atoms with Gasteiger partial charge in [-0.05, 0) is 36.8 Å². The van der Waals surface area contributed by atoms with Gasteiger partial charge in [-0.2, -0.15) is 0 Å².